The minimum Gasteiger partial charge on any atom is -0.460 e. The summed E-state index contributed by atoms with van der Waals surface area (Å²) in [6.07, 6.45) is 0. The third kappa shape index (κ3) is 1.26. The first kappa shape index (κ1) is 9.11. The molecular formula is C11H8ClNO. The second-order valence-corrected chi connectivity index (χ2v) is 3.37. The fourth-order valence-corrected chi connectivity index (χ4v) is 1.72. The van der Waals surface area contributed by atoms with E-state index in [0.717, 1.165) is 22.3 Å². The Labute approximate surface area is 86.7 Å². The van der Waals surface area contributed by atoms with Crippen LogP contribution in [-0.4, -0.2) is 0 Å². The van der Waals surface area contributed by atoms with Gasteiger partial charge in [0.05, 0.1) is 17.5 Å². The summed E-state index contributed by atoms with van der Waals surface area (Å²) < 4.78 is 5.51. The summed E-state index contributed by atoms with van der Waals surface area (Å²) in [7, 11) is 0. The summed E-state index contributed by atoms with van der Waals surface area (Å²) >= 11 is 5.72. The minimum atomic E-state index is 0.363. The van der Waals surface area contributed by atoms with E-state index in [1.165, 1.54) is 0 Å². The van der Waals surface area contributed by atoms with Crippen molar-refractivity contribution in [1.82, 2.24) is 0 Å². The number of fused-ring (bicyclic) bond motifs is 1. The lowest BCUT2D eigenvalue weighted by Crippen LogP contribution is -1.76. The van der Waals surface area contributed by atoms with E-state index in [2.05, 4.69) is 6.07 Å². The van der Waals surface area contributed by atoms with Gasteiger partial charge in [0.2, 0.25) is 0 Å². The number of alkyl halides is 1. The number of halogens is 1. The van der Waals surface area contributed by atoms with Gasteiger partial charge < -0.3 is 4.42 Å². The van der Waals surface area contributed by atoms with Gasteiger partial charge in [0.1, 0.15) is 11.3 Å². The van der Waals surface area contributed by atoms with Crippen molar-refractivity contribution in [3.05, 3.63) is 35.1 Å². The van der Waals surface area contributed by atoms with Crippen LogP contribution in [0.15, 0.2) is 22.6 Å². The molecule has 3 heteroatoms. The van der Waals surface area contributed by atoms with Crippen LogP contribution in [0.1, 0.15) is 16.9 Å². The van der Waals surface area contributed by atoms with E-state index in [0.29, 0.717) is 11.4 Å². The standard InChI is InChI=1S/C11H8ClNO/c1-7-9-4-8(6-13)2-3-10(9)14-11(7)5-12/h2-4H,5H2,1H3. The van der Waals surface area contributed by atoms with E-state index >= 15 is 0 Å². The van der Waals surface area contributed by atoms with E-state index in [1.807, 2.05) is 13.0 Å². The Hall–Kier alpha value is -1.46. The fraction of sp³-hybridized carbons (Fsp3) is 0.182. The Kier molecular flexibility index (Phi) is 2.18. The number of nitrogens with zero attached hydrogens (tertiary/aromatic N) is 1. The molecule has 0 bridgehead atoms. The highest BCUT2D eigenvalue weighted by Gasteiger charge is 2.09. The van der Waals surface area contributed by atoms with Crippen LogP contribution >= 0.6 is 11.6 Å². The molecule has 0 aliphatic carbocycles. The maximum Gasteiger partial charge on any atom is 0.134 e. The summed E-state index contributed by atoms with van der Waals surface area (Å²) in [6, 6.07) is 7.46. The molecule has 14 heavy (non-hydrogen) atoms. The van der Waals surface area contributed by atoms with Crippen LogP contribution in [0.4, 0.5) is 0 Å². The maximum atomic E-state index is 8.75. The van der Waals surface area contributed by atoms with E-state index < -0.39 is 0 Å². The predicted octanol–water partition coefficient (Wildman–Crippen LogP) is 3.35. The third-order valence-electron chi connectivity index (χ3n) is 2.29. The zero-order valence-corrected chi connectivity index (χ0v) is 8.43. The molecule has 0 atom stereocenters. The van der Waals surface area contributed by atoms with Gasteiger partial charge in [-0.25, -0.2) is 0 Å². The lowest BCUT2D eigenvalue weighted by atomic mass is 10.1. The molecule has 2 rings (SSSR count). The Bertz CT molecular complexity index is 522. The first-order valence-electron chi connectivity index (χ1n) is 4.24. The molecule has 1 aromatic heterocycles. The van der Waals surface area contributed by atoms with Crippen LogP contribution in [0.5, 0.6) is 0 Å². The second-order valence-electron chi connectivity index (χ2n) is 3.11. The minimum absolute atomic E-state index is 0.363. The van der Waals surface area contributed by atoms with E-state index in [4.69, 9.17) is 21.3 Å². The summed E-state index contributed by atoms with van der Waals surface area (Å²) in [5.74, 6) is 1.14. The molecule has 2 aromatic rings. The first-order valence-corrected chi connectivity index (χ1v) is 4.78. The zero-order valence-electron chi connectivity index (χ0n) is 7.67. The molecule has 0 spiro atoms. The SMILES string of the molecule is Cc1c(CCl)oc2ccc(C#N)cc12. The van der Waals surface area contributed by atoms with Crippen LogP contribution in [-0.2, 0) is 5.88 Å². The average Bonchev–Trinajstić information content (AvgIpc) is 2.55. The van der Waals surface area contributed by atoms with Gasteiger partial charge >= 0.3 is 0 Å². The van der Waals surface area contributed by atoms with Gasteiger partial charge in [-0.15, -0.1) is 11.6 Å². The molecule has 0 fully saturated rings. The lowest BCUT2D eigenvalue weighted by molar-refractivity contribution is 0.569. The molecule has 0 radical (unpaired) electrons. The zero-order chi connectivity index (χ0) is 10.1. The van der Waals surface area contributed by atoms with Crippen molar-refractivity contribution in [2.24, 2.45) is 0 Å². The van der Waals surface area contributed by atoms with Crippen LogP contribution in [0, 0.1) is 18.3 Å². The van der Waals surface area contributed by atoms with Crippen molar-refractivity contribution in [3.8, 4) is 6.07 Å². The maximum absolute atomic E-state index is 8.75. The van der Waals surface area contributed by atoms with Gasteiger partial charge in [0.15, 0.2) is 0 Å². The van der Waals surface area contributed by atoms with Crippen molar-refractivity contribution in [2.75, 3.05) is 0 Å². The molecule has 0 N–H and O–H groups in total. The second kappa shape index (κ2) is 3.36. The lowest BCUT2D eigenvalue weighted by Gasteiger charge is -1.90. The third-order valence-corrected chi connectivity index (χ3v) is 2.53. The van der Waals surface area contributed by atoms with Crippen molar-refractivity contribution >= 4 is 22.6 Å². The predicted molar refractivity (Wildman–Crippen MR) is 55.2 cm³/mol. The van der Waals surface area contributed by atoms with Gasteiger partial charge in [-0.2, -0.15) is 5.26 Å². The van der Waals surface area contributed by atoms with E-state index in [9.17, 15) is 0 Å². The van der Waals surface area contributed by atoms with Crippen LogP contribution in [0.3, 0.4) is 0 Å². The molecule has 2 nitrogen and oxygen atoms in total. The van der Waals surface area contributed by atoms with E-state index in [-0.39, 0.29) is 0 Å². The smallest absolute Gasteiger partial charge is 0.134 e. The Balaban J connectivity index is 2.75. The monoisotopic (exact) mass is 205 g/mol. The average molecular weight is 206 g/mol. The largest absolute Gasteiger partial charge is 0.460 e. The Morgan fingerprint density at radius 2 is 2.29 bits per heavy atom. The molecular weight excluding hydrogens is 198 g/mol. The molecule has 0 aliphatic heterocycles. The van der Waals surface area contributed by atoms with Gasteiger partial charge in [-0.3, -0.25) is 0 Å². The molecule has 0 unspecified atom stereocenters. The molecule has 1 heterocycles. The molecule has 70 valence electrons. The number of hydrogen-bond acceptors (Lipinski definition) is 2. The number of nitriles is 1. The van der Waals surface area contributed by atoms with Gasteiger partial charge in [-0.1, -0.05) is 0 Å². The Morgan fingerprint density at radius 1 is 1.50 bits per heavy atom. The summed E-state index contributed by atoms with van der Waals surface area (Å²) in [5.41, 5.74) is 2.45. The van der Waals surface area contributed by atoms with Gasteiger partial charge in [-0.05, 0) is 30.7 Å². The topological polar surface area (TPSA) is 36.9 Å². The van der Waals surface area contributed by atoms with Crippen LogP contribution in [0.2, 0.25) is 0 Å². The van der Waals surface area contributed by atoms with Crippen LogP contribution < -0.4 is 0 Å². The van der Waals surface area contributed by atoms with Crippen molar-refractivity contribution in [1.29, 1.82) is 5.26 Å². The van der Waals surface area contributed by atoms with Crippen molar-refractivity contribution < 1.29 is 4.42 Å². The first-order chi connectivity index (χ1) is 6.76. The summed E-state index contributed by atoms with van der Waals surface area (Å²) in [5, 5.41) is 9.72. The highest BCUT2D eigenvalue weighted by molar-refractivity contribution is 6.17. The molecule has 0 saturated carbocycles. The molecule has 0 aliphatic rings. The quantitative estimate of drug-likeness (QED) is 0.670. The number of benzene rings is 1. The molecule has 0 saturated heterocycles. The van der Waals surface area contributed by atoms with Crippen molar-refractivity contribution in [2.45, 2.75) is 12.8 Å². The normalized spacial score (nSPS) is 10.4. The Morgan fingerprint density at radius 3 is 2.93 bits per heavy atom. The van der Waals surface area contributed by atoms with Crippen LogP contribution in [0.25, 0.3) is 11.0 Å². The highest BCUT2D eigenvalue weighted by Crippen LogP contribution is 2.26. The van der Waals surface area contributed by atoms with E-state index in [1.54, 1.807) is 12.1 Å². The number of hydrogen-bond donors (Lipinski definition) is 0. The molecule has 0 amide bonds. The molecule has 1 aromatic carbocycles. The number of rotatable bonds is 1. The van der Waals surface area contributed by atoms with Crippen molar-refractivity contribution in [3.63, 3.8) is 0 Å². The summed E-state index contributed by atoms with van der Waals surface area (Å²) in [4.78, 5) is 0. The highest BCUT2D eigenvalue weighted by atomic mass is 35.5. The number of furan rings is 1. The summed E-state index contributed by atoms with van der Waals surface area (Å²) in [6.45, 7) is 1.95. The van der Waals surface area contributed by atoms with Gasteiger partial charge in [0, 0.05) is 5.39 Å². The fourth-order valence-electron chi connectivity index (χ4n) is 1.47. The number of aryl methyl sites for hydroxylation is 1. The van der Waals surface area contributed by atoms with Gasteiger partial charge in [0.25, 0.3) is 0 Å².